The largest absolute Gasteiger partial charge is 0.296 e. The van der Waals surface area contributed by atoms with Crippen LogP contribution in [0.15, 0.2) is 49.0 Å². The summed E-state index contributed by atoms with van der Waals surface area (Å²) in [5.41, 5.74) is -1.23. The van der Waals surface area contributed by atoms with Crippen molar-refractivity contribution in [3.05, 3.63) is 49.0 Å². The molecule has 2 heterocycles. The summed E-state index contributed by atoms with van der Waals surface area (Å²) in [5.74, 6) is -0.390. The van der Waals surface area contributed by atoms with Crippen molar-refractivity contribution in [1.29, 1.82) is 0 Å². The summed E-state index contributed by atoms with van der Waals surface area (Å²) in [6.07, 6.45) is 10.5. The Hall–Kier alpha value is -2.10. The number of aromatic nitrogens is 1. The molecule has 4 nitrogen and oxygen atoms in total. The molecule has 0 aliphatic carbocycles. The fraction of sp³-hybridized carbons (Fsp3) is 0.231. The van der Waals surface area contributed by atoms with Crippen molar-refractivity contribution < 1.29 is 9.59 Å². The highest BCUT2D eigenvalue weighted by molar-refractivity contribution is 6.14. The predicted octanol–water partition coefficient (Wildman–Crippen LogP) is 1.43. The molecule has 1 aliphatic heterocycles. The maximum absolute atomic E-state index is 11.9. The van der Waals surface area contributed by atoms with Crippen LogP contribution in [0.4, 0.5) is 0 Å². The van der Waals surface area contributed by atoms with Crippen molar-refractivity contribution in [2.24, 2.45) is 0 Å². The van der Waals surface area contributed by atoms with Gasteiger partial charge in [0.2, 0.25) is 0 Å². The standard InChI is InChI=1S/C13H14N2O2/c1-11(16)13(12(2)17)7-3-4-10-15(13)14-8-5-6-9-14/h3-10H,1-2H3. The highest BCUT2D eigenvalue weighted by Gasteiger charge is 2.44. The van der Waals surface area contributed by atoms with Crippen LogP contribution >= 0.6 is 0 Å². The molecule has 0 saturated heterocycles. The molecule has 0 aromatic carbocycles. The molecule has 0 bridgehead atoms. The van der Waals surface area contributed by atoms with E-state index in [0.29, 0.717) is 0 Å². The van der Waals surface area contributed by atoms with Gasteiger partial charge in [0.05, 0.1) is 0 Å². The molecular formula is C13H14N2O2. The highest BCUT2D eigenvalue weighted by Crippen LogP contribution is 2.23. The van der Waals surface area contributed by atoms with Crippen molar-refractivity contribution in [3.8, 4) is 0 Å². The molecule has 0 spiro atoms. The Balaban J connectivity index is 2.56. The first kappa shape index (κ1) is 11.4. The highest BCUT2D eigenvalue weighted by atomic mass is 16.2. The number of nitrogens with zero attached hydrogens (tertiary/aromatic N) is 2. The van der Waals surface area contributed by atoms with Gasteiger partial charge < -0.3 is 0 Å². The number of carbonyl (C=O) groups excluding carboxylic acids is 2. The summed E-state index contributed by atoms with van der Waals surface area (Å²) >= 11 is 0. The van der Waals surface area contributed by atoms with Crippen LogP contribution in [0, 0.1) is 0 Å². The third-order valence-corrected chi connectivity index (χ3v) is 2.95. The number of rotatable bonds is 3. The minimum atomic E-state index is -1.23. The van der Waals surface area contributed by atoms with Gasteiger partial charge >= 0.3 is 0 Å². The van der Waals surface area contributed by atoms with Gasteiger partial charge in [-0.2, -0.15) is 0 Å². The Morgan fingerprint density at radius 1 is 1.00 bits per heavy atom. The zero-order chi connectivity index (χ0) is 12.5. The van der Waals surface area contributed by atoms with E-state index in [1.54, 1.807) is 46.5 Å². The molecular weight excluding hydrogens is 216 g/mol. The van der Waals surface area contributed by atoms with Crippen LogP contribution in [-0.2, 0) is 9.59 Å². The minimum absolute atomic E-state index is 0.195. The van der Waals surface area contributed by atoms with Crippen LogP contribution in [0.1, 0.15) is 13.8 Å². The first-order valence-electron chi connectivity index (χ1n) is 5.40. The predicted molar refractivity (Wildman–Crippen MR) is 65.0 cm³/mol. The number of hydrogen-bond acceptors (Lipinski definition) is 3. The smallest absolute Gasteiger partial charge is 0.194 e. The molecule has 17 heavy (non-hydrogen) atoms. The molecule has 1 aromatic rings. The van der Waals surface area contributed by atoms with Crippen LogP contribution < -0.4 is 5.01 Å². The van der Waals surface area contributed by atoms with E-state index < -0.39 is 5.54 Å². The fourth-order valence-corrected chi connectivity index (χ4v) is 2.05. The summed E-state index contributed by atoms with van der Waals surface area (Å²) < 4.78 is 1.72. The Labute approximate surface area is 99.8 Å². The maximum atomic E-state index is 11.9. The molecule has 0 radical (unpaired) electrons. The van der Waals surface area contributed by atoms with Crippen molar-refractivity contribution >= 4 is 11.6 Å². The van der Waals surface area contributed by atoms with Crippen LogP contribution in [0.2, 0.25) is 0 Å². The monoisotopic (exact) mass is 230 g/mol. The van der Waals surface area contributed by atoms with Crippen LogP contribution in [-0.4, -0.2) is 21.8 Å². The van der Waals surface area contributed by atoms with Gasteiger partial charge in [0.15, 0.2) is 17.1 Å². The second kappa shape index (κ2) is 4.05. The molecule has 0 saturated carbocycles. The molecule has 0 unspecified atom stereocenters. The van der Waals surface area contributed by atoms with Crippen molar-refractivity contribution in [1.82, 2.24) is 4.68 Å². The van der Waals surface area contributed by atoms with E-state index in [1.807, 2.05) is 12.1 Å². The number of carbonyl (C=O) groups is 2. The third-order valence-electron chi connectivity index (χ3n) is 2.95. The molecule has 0 amide bonds. The molecule has 1 aromatic heterocycles. The van der Waals surface area contributed by atoms with Gasteiger partial charge in [-0.05, 0) is 38.1 Å². The molecule has 4 heteroatoms. The van der Waals surface area contributed by atoms with Gasteiger partial charge in [0, 0.05) is 18.6 Å². The Bertz CT molecular complexity index is 483. The SMILES string of the molecule is CC(=O)C1(C(C)=O)C=CC=CN1n1cccc1. The van der Waals surface area contributed by atoms with E-state index in [-0.39, 0.29) is 11.6 Å². The van der Waals surface area contributed by atoms with Crippen molar-refractivity contribution in [2.45, 2.75) is 19.4 Å². The van der Waals surface area contributed by atoms with E-state index in [9.17, 15) is 9.59 Å². The number of Topliss-reactive ketones (excluding diaryl/α,β-unsaturated/α-hetero) is 2. The normalized spacial score (nSPS) is 17.2. The summed E-state index contributed by atoms with van der Waals surface area (Å²) in [7, 11) is 0. The molecule has 0 atom stereocenters. The van der Waals surface area contributed by atoms with E-state index in [4.69, 9.17) is 0 Å². The molecule has 88 valence electrons. The first-order chi connectivity index (χ1) is 8.09. The second-order valence-electron chi connectivity index (χ2n) is 3.99. The van der Waals surface area contributed by atoms with Crippen LogP contribution in [0.25, 0.3) is 0 Å². The van der Waals surface area contributed by atoms with Crippen LogP contribution in [0.3, 0.4) is 0 Å². The lowest BCUT2D eigenvalue weighted by molar-refractivity contribution is -0.130. The molecule has 2 rings (SSSR count). The first-order valence-corrected chi connectivity index (χ1v) is 5.40. The number of ketones is 2. The minimum Gasteiger partial charge on any atom is -0.296 e. The van der Waals surface area contributed by atoms with Gasteiger partial charge in [-0.15, -0.1) is 0 Å². The van der Waals surface area contributed by atoms with E-state index in [0.717, 1.165) is 0 Å². The van der Waals surface area contributed by atoms with Crippen molar-refractivity contribution in [2.75, 3.05) is 5.01 Å². The lowest BCUT2D eigenvalue weighted by Gasteiger charge is -2.39. The molecule has 0 fully saturated rings. The Kier molecular flexibility index (Phi) is 2.71. The topological polar surface area (TPSA) is 42.3 Å². The fourth-order valence-electron chi connectivity index (χ4n) is 2.05. The second-order valence-corrected chi connectivity index (χ2v) is 3.99. The lowest BCUT2D eigenvalue weighted by Crippen LogP contribution is -2.60. The van der Waals surface area contributed by atoms with E-state index in [2.05, 4.69) is 0 Å². The van der Waals surface area contributed by atoms with Crippen LogP contribution in [0.5, 0.6) is 0 Å². The quantitative estimate of drug-likeness (QED) is 0.738. The molecule has 1 aliphatic rings. The average molecular weight is 230 g/mol. The van der Waals surface area contributed by atoms with Gasteiger partial charge in [-0.25, -0.2) is 0 Å². The summed E-state index contributed by atoms with van der Waals surface area (Å²) in [5, 5.41) is 1.64. The van der Waals surface area contributed by atoms with Gasteiger partial charge in [0.25, 0.3) is 0 Å². The average Bonchev–Trinajstić information content (AvgIpc) is 2.81. The van der Waals surface area contributed by atoms with Gasteiger partial charge in [-0.1, -0.05) is 6.08 Å². The number of hydrogen-bond donors (Lipinski definition) is 0. The third kappa shape index (κ3) is 1.62. The van der Waals surface area contributed by atoms with Crippen molar-refractivity contribution in [3.63, 3.8) is 0 Å². The van der Waals surface area contributed by atoms with E-state index >= 15 is 0 Å². The zero-order valence-electron chi connectivity index (χ0n) is 9.83. The summed E-state index contributed by atoms with van der Waals surface area (Å²) in [4.78, 5) is 23.8. The Morgan fingerprint density at radius 2 is 1.59 bits per heavy atom. The maximum Gasteiger partial charge on any atom is 0.194 e. The molecule has 0 N–H and O–H groups in total. The summed E-state index contributed by atoms with van der Waals surface area (Å²) in [6, 6.07) is 3.69. The van der Waals surface area contributed by atoms with Gasteiger partial charge in [-0.3, -0.25) is 19.3 Å². The zero-order valence-corrected chi connectivity index (χ0v) is 9.83. The van der Waals surface area contributed by atoms with E-state index in [1.165, 1.54) is 13.8 Å². The lowest BCUT2D eigenvalue weighted by atomic mass is 9.88. The Morgan fingerprint density at radius 3 is 2.12 bits per heavy atom. The summed E-state index contributed by atoms with van der Waals surface area (Å²) in [6.45, 7) is 2.86. The number of allylic oxidation sites excluding steroid dienone is 2. The van der Waals surface area contributed by atoms with Gasteiger partial charge in [0.1, 0.15) is 0 Å².